The number of fused-ring (bicyclic) bond motifs is 16. The fourth-order valence-electron chi connectivity index (χ4n) is 23.6. The molecule has 24 rings (SSSR count). The molecule has 12 heterocycles. The number of aliphatic hydroxyl groups is 2. The van der Waals surface area contributed by atoms with Gasteiger partial charge in [-0.25, -0.2) is 0 Å². The second-order valence-electron chi connectivity index (χ2n) is 42.1. The second kappa shape index (κ2) is 40.6. The average molecular weight is 2700 g/mol. The van der Waals surface area contributed by atoms with Crippen LogP contribution < -0.4 is 106 Å². The maximum absolute atomic E-state index is 15.3. The van der Waals surface area contributed by atoms with Gasteiger partial charge in [0.25, 0.3) is 0 Å². The molecule has 8 aliphatic rings. The van der Waals surface area contributed by atoms with Crippen molar-refractivity contribution in [2.45, 2.75) is 157 Å². The number of ketones is 2. The van der Waals surface area contributed by atoms with Gasteiger partial charge >= 0.3 is 0 Å². The van der Waals surface area contributed by atoms with Crippen molar-refractivity contribution in [1.82, 2.24) is 39.9 Å². The fourth-order valence-corrected chi connectivity index (χ4v) is 44.6. The molecule has 4 aromatic heterocycles. The van der Waals surface area contributed by atoms with Crippen LogP contribution in [-0.4, -0.2) is 107 Å². The summed E-state index contributed by atoms with van der Waals surface area (Å²) < 4.78 is 30.6. The number of hydrogen-bond donors (Lipinski definition) is 2. The number of allylic oxidation sites excluding steroid dienone is 4. The van der Waals surface area contributed by atoms with Crippen molar-refractivity contribution in [1.29, 1.82) is 0 Å². The van der Waals surface area contributed by atoms with Gasteiger partial charge in [-0.1, -0.05) is 355 Å². The molecule has 12 aromatic carbocycles. The van der Waals surface area contributed by atoms with E-state index in [-0.39, 0.29) is 125 Å². The van der Waals surface area contributed by atoms with Crippen LogP contribution in [0.4, 0.5) is 0 Å². The topological polar surface area (TPSA) is 212 Å². The van der Waals surface area contributed by atoms with E-state index in [0.29, 0.717) is 13.4 Å². The quantitative estimate of drug-likeness (QED) is 0.0521. The van der Waals surface area contributed by atoms with E-state index in [0.717, 1.165) is 121 Å². The molecule has 732 valence electrons. The Morgan fingerprint density at radius 3 is 0.806 bits per heavy atom. The third-order valence-corrected chi connectivity index (χ3v) is 50.8. The third-order valence-electron chi connectivity index (χ3n) is 30.3. The first-order chi connectivity index (χ1) is 66.6. The third kappa shape index (κ3) is 17.9. The molecule has 26 heteroatoms. The van der Waals surface area contributed by atoms with Crippen LogP contribution in [0.15, 0.2) is 316 Å². The Morgan fingerprint density at radius 1 is 0.312 bits per heavy atom. The Hall–Kier alpha value is -10.6. The Labute approximate surface area is 905 Å². The van der Waals surface area contributed by atoms with Crippen LogP contribution in [0.3, 0.4) is 0 Å². The number of carbonyl (C=O) groups is 2. The van der Waals surface area contributed by atoms with E-state index in [2.05, 4.69) is 354 Å². The van der Waals surface area contributed by atoms with E-state index >= 15 is 9.13 Å². The summed E-state index contributed by atoms with van der Waals surface area (Å²) in [5.41, 5.74) is 24.0. The van der Waals surface area contributed by atoms with Crippen molar-refractivity contribution in [3.05, 3.63) is 385 Å². The summed E-state index contributed by atoms with van der Waals surface area (Å²) in [6.07, 6.45) is 23.5. The zero-order chi connectivity index (χ0) is 99.1. The average Bonchev–Trinajstić information content (AvgIpc) is 0.649. The number of hydrogen-bond acceptors (Lipinski definition) is 14. The molecular weight excluding hydrogens is 2590 g/mol. The van der Waals surface area contributed by atoms with E-state index in [1.165, 1.54) is 72.1 Å². The molecule has 0 spiro atoms. The first kappa shape index (κ1) is 108. The molecule has 8 aliphatic heterocycles. The fraction of sp³-hybridized carbons (Fsp3) is 0.203. The van der Waals surface area contributed by atoms with E-state index < -0.39 is 46.6 Å². The van der Waals surface area contributed by atoms with Gasteiger partial charge in [0.2, 0.25) is 0 Å². The predicted octanol–water partition coefficient (Wildman–Crippen LogP) is 13.3. The summed E-state index contributed by atoms with van der Waals surface area (Å²) in [6, 6.07) is 94.0. The molecule has 4 radical (unpaired) electrons. The molecule has 14 nitrogen and oxygen atoms in total. The molecule has 0 fully saturated rings. The summed E-state index contributed by atoms with van der Waals surface area (Å²) in [5.74, 6) is -0.125. The smallest absolute Gasteiger partial charge is 0.190 e. The summed E-state index contributed by atoms with van der Waals surface area (Å²) in [4.78, 5) is 55.6. The molecule has 0 saturated carbocycles. The summed E-state index contributed by atoms with van der Waals surface area (Å²) in [7, 11) is -13.7. The number of aromatic nitrogens is 8. The van der Waals surface area contributed by atoms with Crippen molar-refractivity contribution in [2.24, 2.45) is 0 Å². The van der Waals surface area contributed by atoms with E-state index in [9.17, 15) is 9.59 Å². The first-order valence-corrected chi connectivity index (χ1v) is 63.3. The van der Waals surface area contributed by atoms with E-state index in [1.807, 2.05) is 48.8 Å². The van der Waals surface area contributed by atoms with Gasteiger partial charge in [-0.3, -0.25) is 29.5 Å². The normalized spacial score (nSPS) is 17.8. The summed E-state index contributed by atoms with van der Waals surface area (Å²) in [5, 5.41) is 34.8. The van der Waals surface area contributed by atoms with E-state index in [1.54, 1.807) is 104 Å². The zero-order valence-corrected chi connectivity index (χ0v) is 99.7. The molecule has 2 atom stereocenters. The molecule has 0 saturated heterocycles. The van der Waals surface area contributed by atoms with Gasteiger partial charge < -0.3 is 39.3 Å². The monoisotopic (exact) mass is 2700 g/mol. The van der Waals surface area contributed by atoms with Crippen LogP contribution in [0.1, 0.15) is 128 Å². The molecule has 2 N–H and O–H groups in total. The van der Waals surface area contributed by atoms with Crippen LogP contribution in [-0.2, 0) is 121 Å². The predicted molar refractivity (Wildman–Crippen MR) is 589 cm³/mol. The van der Waals surface area contributed by atoms with Crippen molar-refractivity contribution in [2.75, 3.05) is 0 Å². The molecule has 16 aromatic rings. The molecular formula is C118H112B2Ir4N8O6P2Si4-4. The molecule has 144 heavy (non-hydrogen) atoms. The van der Waals surface area contributed by atoms with E-state index in [4.69, 9.17) is 10.2 Å². The minimum Gasteiger partial charge on any atom is -0.512 e. The number of nitrogens with zero attached hydrogens (tertiary/aromatic N) is 8. The zero-order valence-electron chi connectivity index (χ0n) is 84.4. The van der Waals surface area contributed by atoms with Crippen LogP contribution in [0, 0.1) is 24.3 Å². The maximum Gasteiger partial charge on any atom is 0.190 e. The summed E-state index contributed by atoms with van der Waals surface area (Å²) in [6.45, 7) is 44.1. The van der Waals surface area contributed by atoms with Crippen LogP contribution in [0.5, 0.6) is 0 Å². The number of benzene rings is 12. The maximum atomic E-state index is 15.3. The minimum atomic E-state index is -3.05. The second-order valence-corrected chi connectivity index (χ2v) is 64.6. The van der Waals surface area contributed by atoms with Crippen LogP contribution in [0.2, 0.25) is 52.4 Å². The Kier molecular flexibility index (Phi) is 30.3. The molecule has 0 aliphatic carbocycles. The number of aliphatic hydroxyl groups excluding tert-OH is 2. The number of carbonyl (C=O) groups excluding carboxylic acids is 2. The van der Waals surface area contributed by atoms with Gasteiger partial charge in [0, 0.05) is 211 Å². The minimum absolute atomic E-state index is 0. The van der Waals surface area contributed by atoms with Crippen molar-refractivity contribution in [3.8, 4) is 45.0 Å². The Balaban J connectivity index is 0.000000137. The van der Waals surface area contributed by atoms with Crippen LogP contribution >= 0.6 is 14.3 Å². The van der Waals surface area contributed by atoms with Crippen molar-refractivity contribution < 1.29 is 109 Å². The standard InChI is InChI=1S/2C28H24N2OP.2C26H24BN2Si2.2C5H8O2.4Ir/c2*1-27(2)19-9-5-7-11-24(19)32(31)25-12-8-6-10-20(25)28(3,4)22-16-18(15-21(27)26(22)32)23-17-29-13-14-30-23;2*1-30(2)22-11-7-5-9-19(22)27-20-10-6-8-12-23(20)31(3,4)25-16-18(15-24(30)26(25)27)21-17-28-13-14-29-21;2*1-4(6)3-5(2)7;;;;/h2*5-15,17H,1-4H3;2*5-15,17H,1-4H3;2*3,6H,1-2H3;;;;/q4*-1;;;;;;. The van der Waals surface area contributed by atoms with Crippen molar-refractivity contribution >= 4 is 178 Å². The van der Waals surface area contributed by atoms with Gasteiger partial charge in [-0.2, -0.15) is 0 Å². The largest absolute Gasteiger partial charge is 0.512 e. The van der Waals surface area contributed by atoms with Gasteiger partial charge in [0.15, 0.2) is 25.0 Å². The van der Waals surface area contributed by atoms with Crippen LogP contribution in [0.25, 0.3) is 45.0 Å². The van der Waals surface area contributed by atoms with Crippen molar-refractivity contribution in [3.63, 3.8) is 0 Å². The summed E-state index contributed by atoms with van der Waals surface area (Å²) >= 11 is 0. The Morgan fingerprint density at radius 2 is 0.556 bits per heavy atom. The molecule has 0 amide bonds. The first-order valence-electron chi connectivity index (χ1n) is 47.9. The number of rotatable bonds is 6. The van der Waals surface area contributed by atoms with Gasteiger partial charge in [-0.05, 0) is 71.6 Å². The van der Waals surface area contributed by atoms with Gasteiger partial charge in [-0.15, -0.1) is 125 Å². The molecule has 0 bridgehead atoms. The van der Waals surface area contributed by atoms with Gasteiger partial charge in [0.05, 0.1) is 43.8 Å². The SMILES string of the molecule is CC(=O)C=C(C)O.CC(=O)C=C(C)O.CC1(C)c2[c-]c(-c3cnccn3)cc3c2P(=O)(c2ccccc21)c1ccccc1C3(C)C.CC1(C)c2[c-]c(-c3cnccn3)cc3c2P(=O)(c2ccccc21)c1ccccc1C3(C)C.C[Si]1(C)c2[c-]c(-c3cnccn3)cc3c2B(c2ccccc21)c1ccccc1[Si]3(C)C.C[Si]1(C)c2[c-]c(-c3cnccn3)cc3c2B(c2ccccc21)c1ccccc1[Si]3(C)C.[Ir].[Ir].[Ir].[Ir]. The molecule has 2 unspecified atom stereocenters. The Bertz CT molecular complexity index is 7150. The van der Waals surface area contributed by atoms with Gasteiger partial charge in [0.1, 0.15) is 14.3 Å².